The second kappa shape index (κ2) is 10.1. The van der Waals surface area contributed by atoms with Gasteiger partial charge in [-0.05, 0) is 48.6 Å². The van der Waals surface area contributed by atoms with Crippen LogP contribution in [0.25, 0.3) is 0 Å². The zero-order valence-corrected chi connectivity index (χ0v) is 16.9. The van der Waals surface area contributed by atoms with Crippen molar-refractivity contribution in [2.24, 2.45) is 0 Å². The van der Waals surface area contributed by atoms with E-state index in [0.717, 1.165) is 17.5 Å². The summed E-state index contributed by atoms with van der Waals surface area (Å²) in [4.78, 5) is 26.6. The molecule has 0 aliphatic carbocycles. The number of nitrogens with one attached hydrogen (secondary N) is 1. The predicted molar refractivity (Wildman–Crippen MR) is 110 cm³/mol. The van der Waals surface area contributed by atoms with Gasteiger partial charge < -0.3 is 10.2 Å². The van der Waals surface area contributed by atoms with Gasteiger partial charge in [0, 0.05) is 25.0 Å². The Hall–Kier alpha value is -2.33. The number of rotatable bonds is 8. The standard InChI is InChI=1S/C22H27ClN2O2/c1-4-17-8-10-18(11-9-17)12-13-21(26)25(16(2)22(27)24-3)15-19-6-5-7-20(23)14-19/h5-11,14,16H,4,12-13,15H2,1-3H3,(H,24,27)/t16-/m0/s1. The monoisotopic (exact) mass is 386 g/mol. The SMILES string of the molecule is CCc1ccc(CCC(=O)N(Cc2cccc(Cl)c2)[C@@H](C)C(=O)NC)cc1. The van der Waals surface area contributed by atoms with E-state index in [1.54, 1.807) is 24.9 Å². The van der Waals surface area contributed by atoms with Gasteiger partial charge in [0.2, 0.25) is 11.8 Å². The number of hydrogen-bond acceptors (Lipinski definition) is 2. The third-order valence-corrected chi connectivity index (χ3v) is 4.95. The quantitative estimate of drug-likeness (QED) is 0.745. The highest BCUT2D eigenvalue weighted by Gasteiger charge is 2.25. The molecule has 0 saturated heterocycles. The summed E-state index contributed by atoms with van der Waals surface area (Å²) in [5, 5.41) is 3.24. The van der Waals surface area contributed by atoms with Crippen molar-refractivity contribution >= 4 is 23.4 Å². The number of likely N-dealkylation sites (N-methyl/N-ethyl adjacent to an activating group) is 1. The number of hydrogen-bond donors (Lipinski definition) is 1. The van der Waals surface area contributed by atoms with E-state index >= 15 is 0 Å². The summed E-state index contributed by atoms with van der Waals surface area (Å²) in [7, 11) is 1.58. The van der Waals surface area contributed by atoms with Crippen LogP contribution in [0.5, 0.6) is 0 Å². The summed E-state index contributed by atoms with van der Waals surface area (Å²) in [6.07, 6.45) is 2.00. The van der Waals surface area contributed by atoms with Crippen LogP contribution in [0.1, 0.15) is 37.0 Å². The van der Waals surface area contributed by atoms with Crippen molar-refractivity contribution in [3.63, 3.8) is 0 Å². The lowest BCUT2D eigenvalue weighted by molar-refractivity contribution is -0.140. The van der Waals surface area contributed by atoms with Crippen LogP contribution >= 0.6 is 11.6 Å². The molecule has 0 aliphatic rings. The fraction of sp³-hybridized carbons (Fsp3) is 0.364. The van der Waals surface area contributed by atoms with Gasteiger partial charge in [0.25, 0.3) is 0 Å². The first-order chi connectivity index (χ1) is 12.9. The largest absolute Gasteiger partial charge is 0.357 e. The molecule has 1 N–H and O–H groups in total. The molecule has 0 spiro atoms. The van der Waals surface area contributed by atoms with Crippen molar-refractivity contribution in [3.8, 4) is 0 Å². The molecule has 0 radical (unpaired) electrons. The van der Waals surface area contributed by atoms with E-state index in [4.69, 9.17) is 11.6 Å². The molecule has 2 aromatic rings. The maximum absolute atomic E-state index is 12.9. The minimum atomic E-state index is -0.552. The predicted octanol–water partition coefficient (Wildman–Crippen LogP) is 4.00. The zero-order chi connectivity index (χ0) is 19.8. The minimum Gasteiger partial charge on any atom is -0.357 e. The topological polar surface area (TPSA) is 49.4 Å². The van der Waals surface area contributed by atoms with E-state index in [0.29, 0.717) is 24.4 Å². The van der Waals surface area contributed by atoms with Crippen molar-refractivity contribution in [2.45, 2.75) is 45.7 Å². The summed E-state index contributed by atoms with van der Waals surface area (Å²) in [5.41, 5.74) is 3.30. The third-order valence-electron chi connectivity index (χ3n) is 4.71. The molecule has 2 aromatic carbocycles. The molecule has 144 valence electrons. The summed E-state index contributed by atoms with van der Waals surface area (Å²) in [5.74, 6) is -0.233. The second-order valence-electron chi connectivity index (χ2n) is 6.61. The van der Waals surface area contributed by atoms with Gasteiger partial charge >= 0.3 is 0 Å². The van der Waals surface area contributed by atoms with Crippen molar-refractivity contribution in [2.75, 3.05) is 7.05 Å². The average Bonchev–Trinajstić information content (AvgIpc) is 2.69. The molecule has 2 rings (SSSR count). The number of halogens is 1. The van der Waals surface area contributed by atoms with Crippen molar-refractivity contribution in [1.82, 2.24) is 10.2 Å². The lowest BCUT2D eigenvalue weighted by atomic mass is 10.0. The van der Waals surface area contributed by atoms with Gasteiger partial charge in [0.15, 0.2) is 0 Å². The molecule has 0 aliphatic heterocycles. The molecule has 27 heavy (non-hydrogen) atoms. The first-order valence-corrected chi connectivity index (χ1v) is 9.65. The number of aryl methyl sites for hydroxylation is 2. The molecule has 0 fully saturated rings. The molecule has 0 saturated carbocycles. The molecule has 5 heteroatoms. The Bertz CT molecular complexity index is 774. The van der Waals surface area contributed by atoms with E-state index in [-0.39, 0.29) is 11.8 Å². The Kier molecular flexibility index (Phi) is 7.86. The highest BCUT2D eigenvalue weighted by molar-refractivity contribution is 6.30. The van der Waals surface area contributed by atoms with E-state index in [2.05, 4.69) is 36.5 Å². The van der Waals surface area contributed by atoms with Crippen LogP contribution in [-0.4, -0.2) is 29.8 Å². The van der Waals surface area contributed by atoms with Gasteiger partial charge in [0.1, 0.15) is 6.04 Å². The number of nitrogens with zero attached hydrogens (tertiary/aromatic N) is 1. The molecule has 0 heterocycles. The van der Waals surface area contributed by atoms with Crippen molar-refractivity contribution in [1.29, 1.82) is 0 Å². The van der Waals surface area contributed by atoms with Crippen molar-refractivity contribution in [3.05, 3.63) is 70.2 Å². The molecule has 2 amide bonds. The van der Waals surface area contributed by atoms with Gasteiger partial charge in [-0.25, -0.2) is 0 Å². The molecule has 0 aromatic heterocycles. The first-order valence-electron chi connectivity index (χ1n) is 9.28. The number of carbonyl (C=O) groups is 2. The van der Waals surface area contributed by atoms with Gasteiger partial charge in [-0.3, -0.25) is 9.59 Å². The Morgan fingerprint density at radius 3 is 2.33 bits per heavy atom. The highest BCUT2D eigenvalue weighted by Crippen LogP contribution is 2.16. The summed E-state index contributed by atoms with van der Waals surface area (Å²) < 4.78 is 0. The van der Waals surface area contributed by atoms with Gasteiger partial charge in [-0.15, -0.1) is 0 Å². The lowest BCUT2D eigenvalue weighted by Crippen LogP contribution is -2.46. The molecule has 0 unspecified atom stereocenters. The summed E-state index contributed by atoms with van der Waals surface area (Å²) >= 11 is 6.06. The summed E-state index contributed by atoms with van der Waals surface area (Å²) in [6.45, 7) is 4.21. The van der Waals surface area contributed by atoms with Gasteiger partial charge in [-0.2, -0.15) is 0 Å². The van der Waals surface area contributed by atoms with Gasteiger partial charge in [0.05, 0.1) is 0 Å². The average molecular weight is 387 g/mol. The van der Waals surface area contributed by atoms with Crippen LogP contribution in [0.15, 0.2) is 48.5 Å². The fourth-order valence-electron chi connectivity index (χ4n) is 2.96. The normalized spacial score (nSPS) is 11.7. The Morgan fingerprint density at radius 1 is 1.07 bits per heavy atom. The maximum atomic E-state index is 12.9. The summed E-state index contributed by atoms with van der Waals surface area (Å²) in [6, 6.07) is 15.1. The van der Waals surface area contributed by atoms with E-state index in [1.807, 2.05) is 18.2 Å². The maximum Gasteiger partial charge on any atom is 0.242 e. The van der Waals surface area contributed by atoms with Crippen LogP contribution in [0.3, 0.4) is 0 Å². The number of amides is 2. The van der Waals surface area contributed by atoms with Crippen LogP contribution in [-0.2, 0) is 29.0 Å². The molecular weight excluding hydrogens is 360 g/mol. The number of benzene rings is 2. The number of carbonyl (C=O) groups excluding carboxylic acids is 2. The van der Waals surface area contributed by atoms with Crippen molar-refractivity contribution < 1.29 is 9.59 Å². The third kappa shape index (κ3) is 6.10. The van der Waals surface area contributed by atoms with E-state index in [9.17, 15) is 9.59 Å². The second-order valence-corrected chi connectivity index (χ2v) is 7.05. The molecule has 4 nitrogen and oxygen atoms in total. The lowest BCUT2D eigenvalue weighted by Gasteiger charge is -2.28. The van der Waals surface area contributed by atoms with Gasteiger partial charge in [-0.1, -0.05) is 54.9 Å². The van der Waals surface area contributed by atoms with E-state index < -0.39 is 6.04 Å². The van der Waals surface area contributed by atoms with E-state index in [1.165, 1.54) is 5.56 Å². The Labute approximate surface area is 166 Å². The van der Waals surface area contributed by atoms with Crippen LogP contribution in [0.2, 0.25) is 5.02 Å². The Morgan fingerprint density at radius 2 is 1.74 bits per heavy atom. The van der Waals surface area contributed by atoms with Crippen LogP contribution < -0.4 is 5.32 Å². The zero-order valence-electron chi connectivity index (χ0n) is 16.2. The molecular formula is C22H27ClN2O2. The van der Waals surface area contributed by atoms with Crippen LogP contribution in [0, 0.1) is 0 Å². The fourth-order valence-corrected chi connectivity index (χ4v) is 3.17. The Balaban J connectivity index is 2.10. The smallest absolute Gasteiger partial charge is 0.242 e. The molecule has 1 atom stereocenters. The first kappa shape index (κ1) is 21.0. The van der Waals surface area contributed by atoms with Crippen LogP contribution in [0.4, 0.5) is 0 Å². The minimum absolute atomic E-state index is 0.0503. The highest BCUT2D eigenvalue weighted by atomic mass is 35.5. The molecule has 0 bridgehead atoms.